The highest BCUT2D eigenvalue weighted by Gasteiger charge is 2.27. The van der Waals surface area contributed by atoms with Crippen molar-refractivity contribution in [3.05, 3.63) is 77.3 Å². The molecule has 1 fully saturated rings. The second kappa shape index (κ2) is 13.3. The maximum atomic E-state index is 13.2. The van der Waals surface area contributed by atoms with Gasteiger partial charge in [-0.15, -0.1) is 10.2 Å². The van der Waals surface area contributed by atoms with Crippen molar-refractivity contribution in [3.8, 4) is 22.8 Å². The molecule has 0 atom stereocenters. The molecule has 1 saturated heterocycles. The number of sulfonamides is 1. The van der Waals surface area contributed by atoms with Crippen LogP contribution < -0.4 is 10.1 Å². The molecule has 0 aliphatic carbocycles. The molecular formula is C30H32ClN5O4S2. The van der Waals surface area contributed by atoms with Gasteiger partial charge in [0.2, 0.25) is 15.9 Å². The van der Waals surface area contributed by atoms with Crippen LogP contribution >= 0.6 is 23.4 Å². The number of anilines is 1. The van der Waals surface area contributed by atoms with Gasteiger partial charge in [0.05, 0.1) is 22.3 Å². The fourth-order valence-electron chi connectivity index (χ4n) is 4.74. The molecule has 0 saturated carbocycles. The van der Waals surface area contributed by atoms with E-state index in [4.69, 9.17) is 16.3 Å². The number of thioether (sulfide) groups is 1. The van der Waals surface area contributed by atoms with Crippen LogP contribution in [0.4, 0.5) is 5.69 Å². The molecular weight excluding hydrogens is 594 g/mol. The molecule has 12 heteroatoms. The molecule has 1 N–H and O–H groups in total. The molecule has 3 aromatic carbocycles. The number of aryl methyl sites for hydroxylation is 1. The number of halogens is 1. The molecule has 0 bridgehead atoms. The number of nitrogens with one attached hydrogen (secondary N) is 1. The summed E-state index contributed by atoms with van der Waals surface area (Å²) in [6.45, 7) is 5.34. The largest absolute Gasteiger partial charge is 0.494 e. The summed E-state index contributed by atoms with van der Waals surface area (Å²) >= 11 is 7.72. The quantitative estimate of drug-likeness (QED) is 0.209. The monoisotopic (exact) mass is 625 g/mol. The molecule has 2 heterocycles. The summed E-state index contributed by atoms with van der Waals surface area (Å²) in [4.78, 5) is 13.3. The summed E-state index contributed by atoms with van der Waals surface area (Å²) in [5.74, 6) is 1.01. The molecule has 220 valence electrons. The molecule has 0 spiro atoms. The van der Waals surface area contributed by atoms with E-state index in [1.807, 2.05) is 60.9 Å². The second-order valence-corrected chi connectivity index (χ2v) is 13.1. The number of piperidine rings is 1. The third kappa shape index (κ3) is 6.64. The van der Waals surface area contributed by atoms with Crippen molar-refractivity contribution in [1.29, 1.82) is 0 Å². The summed E-state index contributed by atoms with van der Waals surface area (Å²) < 4.78 is 35.4. The molecule has 9 nitrogen and oxygen atoms in total. The highest BCUT2D eigenvalue weighted by molar-refractivity contribution is 7.99. The SMILES string of the molecule is CCOc1ccc(-n2c(SCC(=O)Nc3cc(S(=O)(=O)N4CCCCC4)ccc3C)nnc2-c2ccccc2Cl)cc1. The van der Waals surface area contributed by atoms with E-state index in [1.165, 1.54) is 16.1 Å². The van der Waals surface area contributed by atoms with Crippen LogP contribution in [0.1, 0.15) is 31.7 Å². The van der Waals surface area contributed by atoms with Crippen molar-refractivity contribution in [2.45, 2.75) is 43.2 Å². The minimum atomic E-state index is -3.63. The number of ether oxygens (including phenoxy) is 1. The van der Waals surface area contributed by atoms with Gasteiger partial charge in [-0.05, 0) is 80.8 Å². The molecule has 1 aliphatic heterocycles. The van der Waals surface area contributed by atoms with E-state index in [1.54, 1.807) is 24.3 Å². The van der Waals surface area contributed by atoms with Crippen molar-refractivity contribution in [2.75, 3.05) is 30.8 Å². The summed E-state index contributed by atoms with van der Waals surface area (Å²) in [5.41, 5.74) is 2.72. The van der Waals surface area contributed by atoms with Crippen molar-refractivity contribution in [3.63, 3.8) is 0 Å². The van der Waals surface area contributed by atoms with E-state index in [0.717, 1.165) is 36.3 Å². The van der Waals surface area contributed by atoms with Crippen LogP contribution in [0.25, 0.3) is 17.1 Å². The number of hydrogen-bond donors (Lipinski definition) is 1. The van der Waals surface area contributed by atoms with Crippen LogP contribution in [0, 0.1) is 6.92 Å². The lowest BCUT2D eigenvalue weighted by Crippen LogP contribution is -2.35. The van der Waals surface area contributed by atoms with Crippen molar-refractivity contribution >= 4 is 45.0 Å². The third-order valence-electron chi connectivity index (χ3n) is 6.92. The molecule has 1 amide bonds. The van der Waals surface area contributed by atoms with E-state index in [9.17, 15) is 13.2 Å². The number of hydrogen-bond acceptors (Lipinski definition) is 7. The van der Waals surface area contributed by atoms with Gasteiger partial charge >= 0.3 is 0 Å². The van der Waals surface area contributed by atoms with Crippen molar-refractivity contribution < 1.29 is 17.9 Å². The van der Waals surface area contributed by atoms with Gasteiger partial charge < -0.3 is 10.1 Å². The van der Waals surface area contributed by atoms with Crippen LogP contribution in [0.3, 0.4) is 0 Å². The maximum Gasteiger partial charge on any atom is 0.243 e. The van der Waals surface area contributed by atoms with Gasteiger partial charge in [0.15, 0.2) is 11.0 Å². The highest BCUT2D eigenvalue weighted by Crippen LogP contribution is 2.33. The van der Waals surface area contributed by atoms with Crippen molar-refractivity contribution in [1.82, 2.24) is 19.1 Å². The third-order valence-corrected chi connectivity index (χ3v) is 10.1. The number of carbonyl (C=O) groups is 1. The Hall–Kier alpha value is -3.38. The molecule has 1 aliphatic rings. The first-order chi connectivity index (χ1) is 20.3. The number of aromatic nitrogens is 3. The topological polar surface area (TPSA) is 106 Å². The molecule has 1 aromatic heterocycles. The first-order valence-electron chi connectivity index (χ1n) is 13.7. The summed E-state index contributed by atoms with van der Waals surface area (Å²) in [5, 5.41) is 12.7. The zero-order chi connectivity index (χ0) is 29.7. The molecule has 42 heavy (non-hydrogen) atoms. The second-order valence-electron chi connectivity index (χ2n) is 9.83. The Labute approximate surface area is 255 Å². The van der Waals surface area contributed by atoms with E-state index in [2.05, 4.69) is 15.5 Å². The van der Waals surface area contributed by atoms with Crippen LogP contribution in [-0.2, 0) is 14.8 Å². The Kier molecular flexibility index (Phi) is 9.52. The molecule has 0 unspecified atom stereocenters. The average Bonchev–Trinajstić information content (AvgIpc) is 3.42. The summed E-state index contributed by atoms with van der Waals surface area (Å²) in [7, 11) is -3.63. The maximum absolute atomic E-state index is 13.2. The lowest BCUT2D eigenvalue weighted by atomic mass is 10.2. The van der Waals surface area contributed by atoms with Gasteiger partial charge in [-0.3, -0.25) is 9.36 Å². The Morgan fingerprint density at radius 1 is 1.02 bits per heavy atom. The Morgan fingerprint density at radius 2 is 1.76 bits per heavy atom. The fourth-order valence-corrected chi connectivity index (χ4v) is 7.25. The Morgan fingerprint density at radius 3 is 2.48 bits per heavy atom. The standard InChI is InChI=1S/C30H32ClN5O4S2/c1-3-40-23-14-12-22(13-15-23)36-29(25-9-5-6-10-26(25)31)33-34-30(36)41-20-28(37)32-27-19-24(16-11-21(27)2)42(38,39)35-17-7-4-8-18-35/h5-6,9-16,19H,3-4,7-8,17-18,20H2,1-2H3,(H,32,37). The minimum absolute atomic E-state index is 0.0280. The smallest absolute Gasteiger partial charge is 0.243 e. The Bertz CT molecular complexity index is 1670. The van der Waals surface area contributed by atoms with Gasteiger partial charge in [0.25, 0.3) is 0 Å². The van der Waals surface area contributed by atoms with Crippen molar-refractivity contribution in [2.24, 2.45) is 0 Å². The van der Waals surface area contributed by atoms with Gasteiger partial charge in [-0.2, -0.15) is 4.31 Å². The fraction of sp³-hybridized carbons (Fsp3) is 0.300. The van der Waals surface area contributed by atoms with Gasteiger partial charge in [0, 0.05) is 30.0 Å². The predicted octanol–water partition coefficient (Wildman–Crippen LogP) is 6.20. The highest BCUT2D eigenvalue weighted by atomic mass is 35.5. The Balaban J connectivity index is 1.37. The summed E-state index contributed by atoms with van der Waals surface area (Å²) in [6.07, 6.45) is 2.74. The van der Waals surface area contributed by atoms with Gasteiger partial charge in [-0.25, -0.2) is 8.42 Å². The predicted molar refractivity (Wildman–Crippen MR) is 166 cm³/mol. The van der Waals surface area contributed by atoms with E-state index < -0.39 is 10.0 Å². The van der Waals surface area contributed by atoms with Gasteiger partial charge in [0.1, 0.15) is 5.75 Å². The number of carbonyl (C=O) groups excluding carboxylic acids is 1. The van der Waals surface area contributed by atoms with Crippen LogP contribution in [-0.4, -0.2) is 58.8 Å². The first kappa shape index (κ1) is 30.1. The zero-order valence-corrected chi connectivity index (χ0v) is 25.8. The zero-order valence-electron chi connectivity index (χ0n) is 23.4. The van der Waals surface area contributed by atoms with E-state index >= 15 is 0 Å². The number of rotatable bonds is 10. The lowest BCUT2D eigenvalue weighted by Gasteiger charge is -2.26. The number of amides is 1. The van der Waals surface area contributed by atoms with E-state index in [-0.39, 0.29) is 16.6 Å². The first-order valence-corrected chi connectivity index (χ1v) is 16.6. The van der Waals surface area contributed by atoms with Crippen LogP contribution in [0.5, 0.6) is 5.75 Å². The molecule has 0 radical (unpaired) electrons. The van der Waals surface area contributed by atoms with Crippen LogP contribution in [0.15, 0.2) is 76.8 Å². The van der Waals surface area contributed by atoms with Crippen LogP contribution in [0.2, 0.25) is 5.02 Å². The number of nitrogens with zero attached hydrogens (tertiary/aromatic N) is 4. The molecule has 4 aromatic rings. The lowest BCUT2D eigenvalue weighted by molar-refractivity contribution is -0.113. The summed E-state index contributed by atoms with van der Waals surface area (Å²) in [6, 6.07) is 19.8. The van der Waals surface area contributed by atoms with Gasteiger partial charge in [-0.1, -0.05) is 48.0 Å². The average molecular weight is 626 g/mol. The number of benzene rings is 3. The molecule has 5 rings (SSSR count). The van der Waals surface area contributed by atoms with E-state index in [0.29, 0.717) is 47.0 Å². The minimum Gasteiger partial charge on any atom is -0.494 e. The normalized spacial score (nSPS) is 14.1.